The molecule has 0 aromatic heterocycles. The number of benzene rings is 1. The molecule has 2 N–H and O–H groups in total. The van der Waals surface area contributed by atoms with Gasteiger partial charge in [-0.1, -0.05) is 19.1 Å². The molecule has 0 bridgehead atoms. The molecule has 0 spiro atoms. The zero-order valence-corrected chi connectivity index (χ0v) is 19.2. The number of hydrogen-bond acceptors (Lipinski definition) is 4. The van der Waals surface area contributed by atoms with Crippen LogP contribution >= 0.6 is 24.0 Å². The SMILES string of the molecule is CCNC(=NCc1ccc(S(C)(=O)=O)cc1)NC1CCN(C(=O)CC)C1.I. The first-order chi connectivity index (χ1) is 12.3. The monoisotopic (exact) mass is 508 g/mol. The molecule has 1 heterocycles. The highest BCUT2D eigenvalue weighted by molar-refractivity contribution is 14.0. The van der Waals surface area contributed by atoms with Crippen LogP contribution in [0.2, 0.25) is 0 Å². The van der Waals surface area contributed by atoms with E-state index in [4.69, 9.17) is 0 Å². The summed E-state index contributed by atoms with van der Waals surface area (Å²) in [7, 11) is -3.18. The van der Waals surface area contributed by atoms with Gasteiger partial charge in [0.25, 0.3) is 0 Å². The summed E-state index contributed by atoms with van der Waals surface area (Å²) in [5.41, 5.74) is 0.934. The van der Waals surface area contributed by atoms with Crippen molar-refractivity contribution >= 4 is 45.7 Å². The maximum atomic E-state index is 11.8. The Hall–Kier alpha value is -1.36. The van der Waals surface area contributed by atoms with Gasteiger partial charge in [0.2, 0.25) is 5.91 Å². The molecule has 2 rings (SSSR count). The Bertz CT molecular complexity index is 750. The summed E-state index contributed by atoms with van der Waals surface area (Å²) in [6, 6.07) is 6.95. The van der Waals surface area contributed by atoms with E-state index in [2.05, 4.69) is 15.6 Å². The number of hydrogen-bond donors (Lipinski definition) is 2. The van der Waals surface area contributed by atoms with Crippen LogP contribution in [0.15, 0.2) is 34.2 Å². The average Bonchev–Trinajstić information content (AvgIpc) is 3.07. The predicted octanol–water partition coefficient (Wildman–Crippen LogP) is 1.77. The van der Waals surface area contributed by atoms with E-state index in [0.29, 0.717) is 30.4 Å². The lowest BCUT2D eigenvalue weighted by molar-refractivity contribution is -0.129. The molecule has 9 heteroatoms. The smallest absolute Gasteiger partial charge is 0.222 e. The molecule has 152 valence electrons. The van der Waals surface area contributed by atoms with Crippen molar-refractivity contribution in [1.29, 1.82) is 0 Å². The number of sulfone groups is 1. The van der Waals surface area contributed by atoms with Crippen molar-refractivity contribution in [2.45, 2.75) is 44.2 Å². The Labute approximate surface area is 178 Å². The average molecular weight is 508 g/mol. The molecule has 0 aliphatic carbocycles. The Morgan fingerprint density at radius 3 is 2.48 bits per heavy atom. The third-order valence-electron chi connectivity index (χ3n) is 4.30. The molecule has 1 unspecified atom stereocenters. The molecular weight excluding hydrogens is 479 g/mol. The van der Waals surface area contributed by atoms with Gasteiger partial charge in [-0.2, -0.15) is 0 Å². The normalized spacial score (nSPS) is 17.4. The summed E-state index contributed by atoms with van der Waals surface area (Å²) >= 11 is 0. The number of likely N-dealkylation sites (tertiary alicyclic amines) is 1. The lowest BCUT2D eigenvalue weighted by Crippen LogP contribution is -2.45. The highest BCUT2D eigenvalue weighted by Gasteiger charge is 2.25. The molecule has 1 amide bonds. The van der Waals surface area contributed by atoms with E-state index in [0.717, 1.165) is 25.1 Å². The zero-order chi connectivity index (χ0) is 19.2. The fourth-order valence-corrected chi connectivity index (χ4v) is 3.48. The van der Waals surface area contributed by atoms with Crippen molar-refractivity contribution in [3.8, 4) is 0 Å². The molecule has 1 aliphatic rings. The summed E-state index contributed by atoms with van der Waals surface area (Å²) in [5.74, 6) is 0.887. The highest BCUT2D eigenvalue weighted by atomic mass is 127. The number of guanidine groups is 1. The standard InChI is InChI=1S/C18H28N4O3S.HI/c1-4-17(23)22-11-10-15(13-22)21-18(19-5-2)20-12-14-6-8-16(9-7-14)26(3,24)25;/h6-9,15H,4-5,10-13H2,1-3H3,(H2,19,20,21);1H. The quantitative estimate of drug-likeness (QED) is 0.348. The Morgan fingerprint density at radius 1 is 1.26 bits per heavy atom. The largest absolute Gasteiger partial charge is 0.357 e. The van der Waals surface area contributed by atoms with E-state index in [1.165, 1.54) is 6.26 Å². The number of nitrogens with zero attached hydrogens (tertiary/aromatic N) is 2. The first kappa shape index (κ1) is 23.7. The molecule has 1 saturated heterocycles. The second-order valence-corrected chi connectivity index (χ2v) is 8.45. The van der Waals surface area contributed by atoms with Crippen LogP contribution in [0.5, 0.6) is 0 Å². The van der Waals surface area contributed by atoms with E-state index in [1.54, 1.807) is 24.3 Å². The van der Waals surface area contributed by atoms with Crippen LogP contribution in [-0.4, -0.2) is 57.1 Å². The molecule has 0 radical (unpaired) electrons. The predicted molar refractivity (Wildman–Crippen MR) is 118 cm³/mol. The van der Waals surface area contributed by atoms with E-state index < -0.39 is 9.84 Å². The topological polar surface area (TPSA) is 90.9 Å². The van der Waals surface area contributed by atoms with Crippen molar-refractivity contribution in [2.75, 3.05) is 25.9 Å². The molecule has 7 nitrogen and oxygen atoms in total. The van der Waals surface area contributed by atoms with Crippen LogP contribution in [0.4, 0.5) is 0 Å². The number of nitrogens with one attached hydrogen (secondary N) is 2. The third-order valence-corrected chi connectivity index (χ3v) is 5.43. The lowest BCUT2D eigenvalue weighted by atomic mass is 10.2. The lowest BCUT2D eigenvalue weighted by Gasteiger charge is -2.18. The van der Waals surface area contributed by atoms with Gasteiger partial charge in [-0.15, -0.1) is 24.0 Å². The van der Waals surface area contributed by atoms with E-state index in [1.807, 2.05) is 18.7 Å². The van der Waals surface area contributed by atoms with Gasteiger partial charge in [-0.05, 0) is 31.0 Å². The van der Waals surface area contributed by atoms with Crippen LogP contribution in [0.3, 0.4) is 0 Å². The van der Waals surface area contributed by atoms with Gasteiger partial charge < -0.3 is 15.5 Å². The Balaban J connectivity index is 0.00000364. The zero-order valence-electron chi connectivity index (χ0n) is 16.1. The summed E-state index contributed by atoms with van der Waals surface area (Å²) in [5, 5.41) is 6.59. The number of amides is 1. The Morgan fingerprint density at radius 2 is 1.93 bits per heavy atom. The van der Waals surface area contributed by atoms with Crippen LogP contribution in [0.1, 0.15) is 32.3 Å². The van der Waals surface area contributed by atoms with Gasteiger partial charge in [0.15, 0.2) is 15.8 Å². The van der Waals surface area contributed by atoms with Gasteiger partial charge in [0.1, 0.15) is 0 Å². The first-order valence-electron chi connectivity index (χ1n) is 8.95. The second kappa shape index (κ2) is 10.8. The molecule has 1 aromatic rings. The van der Waals surface area contributed by atoms with Gasteiger partial charge in [0.05, 0.1) is 11.4 Å². The van der Waals surface area contributed by atoms with Crippen LogP contribution < -0.4 is 10.6 Å². The summed E-state index contributed by atoms with van der Waals surface area (Å²) in [6.45, 7) is 6.53. The van der Waals surface area contributed by atoms with Crippen LogP contribution in [-0.2, 0) is 21.2 Å². The molecule has 27 heavy (non-hydrogen) atoms. The first-order valence-corrected chi connectivity index (χ1v) is 10.8. The molecule has 1 aliphatic heterocycles. The van der Waals surface area contributed by atoms with Gasteiger partial charge in [-0.3, -0.25) is 4.79 Å². The van der Waals surface area contributed by atoms with Crippen molar-refractivity contribution in [2.24, 2.45) is 4.99 Å². The van der Waals surface area contributed by atoms with Gasteiger partial charge in [-0.25, -0.2) is 13.4 Å². The molecule has 1 atom stereocenters. The van der Waals surface area contributed by atoms with Crippen LogP contribution in [0.25, 0.3) is 0 Å². The molecule has 1 aromatic carbocycles. The second-order valence-electron chi connectivity index (χ2n) is 6.43. The van der Waals surface area contributed by atoms with E-state index in [9.17, 15) is 13.2 Å². The summed E-state index contributed by atoms with van der Waals surface area (Å²) < 4.78 is 23.0. The number of halogens is 1. The fourth-order valence-electron chi connectivity index (χ4n) is 2.85. The summed E-state index contributed by atoms with van der Waals surface area (Å²) in [6.07, 6.45) is 2.63. The minimum absolute atomic E-state index is 0. The minimum Gasteiger partial charge on any atom is -0.357 e. The minimum atomic E-state index is -3.18. The van der Waals surface area contributed by atoms with Crippen molar-refractivity contribution in [3.63, 3.8) is 0 Å². The van der Waals surface area contributed by atoms with E-state index >= 15 is 0 Å². The number of carbonyl (C=O) groups is 1. The molecule has 1 fully saturated rings. The van der Waals surface area contributed by atoms with Crippen LogP contribution in [0, 0.1) is 0 Å². The highest BCUT2D eigenvalue weighted by Crippen LogP contribution is 2.12. The van der Waals surface area contributed by atoms with Crippen molar-refractivity contribution < 1.29 is 13.2 Å². The van der Waals surface area contributed by atoms with Gasteiger partial charge >= 0.3 is 0 Å². The third kappa shape index (κ3) is 7.28. The molecular formula is C18H29IN4O3S. The summed E-state index contributed by atoms with van der Waals surface area (Å²) in [4.78, 5) is 18.5. The fraction of sp³-hybridized carbons (Fsp3) is 0.556. The van der Waals surface area contributed by atoms with Crippen molar-refractivity contribution in [3.05, 3.63) is 29.8 Å². The van der Waals surface area contributed by atoms with Gasteiger partial charge in [0, 0.05) is 38.4 Å². The number of aliphatic imine (C=N–C) groups is 1. The van der Waals surface area contributed by atoms with Crippen molar-refractivity contribution in [1.82, 2.24) is 15.5 Å². The Kier molecular flexibility index (Phi) is 9.51. The number of carbonyl (C=O) groups excluding carboxylic acids is 1. The maximum absolute atomic E-state index is 11.8. The molecule has 0 saturated carbocycles. The maximum Gasteiger partial charge on any atom is 0.222 e. The number of rotatable bonds is 6. The van der Waals surface area contributed by atoms with E-state index in [-0.39, 0.29) is 35.9 Å².